The number of nitrogens with zero attached hydrogens (tertiary/aromatic N) is 3. The first kappa shape index (κ1) is 31.8. The number of H-pyrrole nitrogens is 1. The van der Waals surface area contributed by atoms with Gasteiger partial charge in [-0.2, -0.15) is 0 Å². The molecule has 3 N–H and O–H groups in total. The average molecular weight is 606 g/mol. The number of likely N-dealkylation sites (tertiary alicyclic amines) is 2. The third kappa shape index (κ3) is 6.03. The van der Waals surface area contributed by atoms with Gasteiger partial charge in [0.25, 0.3) is 0 Å². The standard InChI is InChI=1S/C34H47N5O5/c1-23(40)34(35,27-21-36-28-12-8-7-11-26(27)28)32(39-17-13-25(14-18-39)38-15-9-6-10-16-38)33(41)37(2)22-24-19-29(42-3)31(44-5)30(20-24)43-4/h7-8,11-12,19-21,25,32,36H,6,9-10,13-18,22,35H2,1-5H3. The van der Waals surface area contributed by atoms with E-state index in [0.717, 1.165) is 42.4 Å². The van der Waals surface area contributed by atoms with Gasteiger partial charge < -0.3 is 34.7 Å². The molecule has 1 aromatic heterocycles. The van der Waals surface area contributed by atoms with Crippen molar-refractivity contribution in [2.24, 2.45) is 5.73 Å². The van der Waals surface area contributed by atoms with E-state index in [-0.39, 0.29) is 18.2 Å². The van der Waals surface area contributed by atoms with Crippen molar-refractivity contribution in [2.75, 3.05) is 54.6 Å². The topological polar surface area (TPSA) is 113 Å². The number of Topliss-reactive ketones (excluding diaryl/α,β-unsaturated/α-hetero) is 1. The first-order valence-electron chi connectivity index (χ1n) is 15.6. The van der Waals surface area contributed by atoms with Crippen molar-refractivity contribution in [3.8, 4) is 17.2 Å². The number of likely N-dealkylation sites (N-methyl/N-ethyl adjacent to an activating group) is 1. The number of nitrogens with one attached hydrogen (secondary N) is 1. The highest BCUT2D eigenvalue weighted by atomic mass is 16.5. The van der Waals surface area contributed by atoms with E-state index in [1.807, 2.05) is 36.4 Å². The number of nitrogens with two attached hydrogens (primary N) is 1. The van der Waals surface area contributed by atoms with Crippen LogP contribution in [0.3, 0.4) is 0 Å². The van der Waals surface area contributed by atoms with Crippen molar-refractivity contribution in [3.63, 3.8) is 0 Å². The Morgan fingerprint density at radius 3 is 2.23 bits per heavy atom. The SMILES string of the molecule is COc1cc(CN(C)C(=O)C(N2CCC(N3CCCCC3)CC2)C(N)(C(C)=O)c2c[nH]c3ccccc23)cc(OC)c1OC. The molecule has 2 aliphatic rings. The summed E-state index contributed by atoms with van der Waals surface area (Å²) in [4.78, 5) is 38.1. The van der Waals surface area contributed by atoms with Crippen LogP contribution < -0.4 is 19.9 Å². The first-order chi connectivity index (χ1) is 21.2. The number of methoxy groups -OCH3 is 3. The molecule has 0 aliphatic carbocycles. The van der Waals surface area contributed by atoms with Gasteiger partial charge >= 0.3 is 0 Å². The number of amides is 1. The molecule has 5 rings (SSSR count). The minimum absolute atomic E-state index is 0.210. The highest BCUT2D eigenvalue weighted by molar-refractivity contribution is 6.00. The smallest absolute Gasteiger partial charge is 0.242 e. The van der Waals surface area contributed by atoms with Crippen LogP contribution >= 0.6 is 0 Å². The average Bonchev–Trinajstić information content (AvgIpc) is 3.49. The number of hydrogen-bond donors (Lipinski definition) is 2. The molecule has 0 saturated carbocycles. The summed E-state index contributed by atoms with van der Waals surface area (Å²) in [7, 11) is 6.45. The molecule has 3 heterocycles. The Bertz CT molecular complexity index is 1430. The molecule has 2 fully saturated rings. The van der Waals surface area contributed by atoms with Crippen LogP contribution in [0.2, 0.25) is 0 Å². The number of hydrogen-bond acceptors (Lipinski definition) is 8. The Morgan fingerprint density at radius 2 is 1.64 bits per heavy atom. The lowest BCUT2D eigenvalue weighted by Gasteiger charge is -2.47. The molecule has 2 aliphatic heterocycles. The summed E-state index contributed by atoms with van der Waals surface area (Å²) in [5, 5.41) is 0.846. The second kappa shape index (κ2) is 13.6. The highest BCUT2D eigenvalue weighted by Crippen LogP contribution is 2.39. The van der Waals surface area contributed by atoms with E-state index in [2.05, 4.69) is 14.8 Å². The van der Waals surface area contributed by atoms with Gasteiger partial charge in [-0.15, -0.1) is 0 Å². The van der Waals surface area contributed by atoms with E-state index in [4.69, 9.17) is 19.9 Å². The Kier molecular flexibility index (Phi) is 9.82. The van der Waals surface area contributed by atoms with E-state index in [1.165, 1.54) is 26.2 Å². The Hall–Kier alpha value is -3.60. The molecule has 2 saturated heterocycles. The van der Waals surface area contributed by atoms with Gasteiger partial charge in [0.15, 0.2) is 17.3 Å². The zero-order chi connectivity index (χ0) is 31.4. The second-order valence-corrected chi connectivity index (χ2v) is 12.2. The maximum absolute atomic E-state index is 14.7. The number of ketones is 1. The molecule has 44 heavy (non-hydrogen) atoms. The normalized spacial score (nSPS) is 18.9. The van der Waals surface area contributed by atoms with Gasteiger partial charge in [-0.05, 0) is 69.5 Å². The van der Waals surface area contributed by atoms with E-state index in [1.54, 1.807) is 39.5 Å². The third-order valence-corrected chi connectivity index (χ3v) is 9.57. The van der Waals surface area contributed by atoms with Crippen LogP contribution in [0.25, 0.3) is 10.9 Å². The van der Waals surface area contributed by atoms with Gasteiger partial charge in [0.2, 0.25) is 11.7 Å². The van der Waals surface area contributed by atoms with Gasteiger partial charge in [0.05, 0.1) is 21.3 Å². The fraction of sp³-hybridized carbons (Fsp3) is 0.529. The summed E-state index contributed by atoms with van der Waals surface area (Å²) in [5.74, 6) is 1.04. The summed E-state index contributed by atoms with van der Waals surface area (Å²) in [6.07, 6.45) is 7.44. The van der Waals surface area contributed by atoms with Crippen LogP contribution in [-0.2, 0) is 21.7 Å². The predicted molar refractivity (Wildman–Crippen MR) is 171 cm³/mol. The van der Waals surface area contributed by atoms with Gasteiger partial charge in [-0.25, -0.2) is 0 Å². The quantitative estimate of drug-likeness (QED) is 0.338. The first-order valence-corrected chi connectivity index (χ1v) is 15.6. The van der Waals surface area contributed by atoms with Crippen molar-refractivity contribution in [1.29, 1.82) is 0 Å². The molecular weight excluding hydrogens is 558 g/mol. The van der Waals surface area contributed by atoms with Crippen molar-refractivity contribution in [1.82, 2.24) is 19.7 Å². The fourth-order valence-electron chi connectivity index (χ4n) is 7.16. The number of benzene rings is 2. The minimum atomic E-state index is -1.57. The molecule has 238 valence electrons. The number of rotatable bonds is 11. The van der Waals surface area contributed by atoms with E-state index < -0.39 is 11.6 Å². The van der Waals surface area contributed by atoms with Crippen molar-refractivity contribution < 1.29 is 23.8 Å². The van der Waals surface area contributed by atoms with Crippen LogP contribution in [0.4, 0.5) is 0 Å². The maximum Gasteiger partial charge on any atom is 0.242 e. The van der Waals surface area contributed by atoms with Crippen molar-refractivity contribution >= 4 is 22.6 Å². The molecule has 0 spiro atoms. The van der Waals surface area contributed by atoms with Crippen molar-refractivity contribution in [3.05, 3.63) is 53.7 Å². The number of aromatic amines is 1. The maximum atomic E-state index is 14.7. The molecule has 2 unspecified atom stereocenters. The highest BCUT2D eigenvalue weighted by Gasteiger charge is 2.51. The number of para-hydroxylation sites is 1. The summed E-state index contributed by atoms with van der Waals surface area (Å²) < 4.78 is 16.6. The zero-order valence-electron chi connectivity index (χ0n) is 26.7. The van der Waals surface area contributed by atoms with Gasteiger partial charge in [-0.1, -0.05) is 24.6 Å². The predicted octanol–water partition coefficient (Wildman–Crippen LogP) is 3.91. The molecule has 1 amide bonds. The molecule has 0 bridgehead atoms. The van der Waals surface area contributed by atoms with Crippen LogP contribution in [0.5, 0.6) is 17.2 Å². The molecule has 3 aromatic rings. The number of carbonyl (C=O) groups excluding carboxylic acids is 2. The second-order valence-electron chi connectivity index (χ2n) is 12.2. The lowest BCUT2D eigenvalue weighted by Crippen LogP contribution is -2.67. The van der Waals surface area contributed by atoms with E-state index in [9.17, 15) is 9.59 Å². The number of fused-ring (bicyclic) bond motifs is 1. The molecular formula is C34H47N5O5. The van der Waals surface area contributed by atoms with Crippen LogP contribution in [0, 0.1) is 0 Å². The summed E-state index contributed by atoms with van der Waals surface area (Å²) in [6.45, 7) is 5.40. The fourth-order valence-corrected chi connectivity index (χ4v) is 7.16. The number of aromatic nitrogens is 1. The summed E-state index contributed by atoms with van der Waals surface area (Å²) in [5.41, 5.74) is 8.00. The van der Waals surface area contributed by atoms with Crippen LogP contribution in [-0.4, -0.2) is 98.0 Å². The lowest BCUT2D eigenvalue weighted by molar-refractivity contribution is -0.145. The number of carbonyl (C=O) groups is 2. The lowest BCUT2D eigenvalue weighted by atomic mass is 9.77. The number of piperidine rings is 2. The number of ether oxygens (including phenoxy) is 3. The van der Waals surface area contributed by atoms with E-state index >= 15 is 0 Å². The molecule has 10 heteroatoms. The molecule has 2 atom stereocenters. The zero-order valence-corrected chi connectivity index (χ0v) is 26.7. The third-order valence-electron chi connectivity index (χ3n) is 9.57. The minimum Gasteiger partial charge on any atom is -0.493 e. The van der Waals surface area contributed by atoms with Gasteiger partial charge in [0.1, 0.15) is 11.6 Å². The van der Waals surface area contributed by atoms with Gasteiger partial charge in [0, 0.05) is 55.4 Å². The Labute approximate surface area is 260 Å². The largest absolute Gasteiger partial charge is 0.493 e. The van der Waals surface area contributed by atoms with Crippen LogP contribution in [0.15, 0.2) is 42.6 Å². The molecule has 0 radical (unpaired) electrons. The Morgan fingerprint density at radius 1 is 1.00 bits per heavy atom. The monoisotopic (exact) mass is 605 g/mol. The van der Waals surface area contributed by atoms with Crippen molar-refractivity contribution in [2.45, 2.75) is 63.2 Å². The Balaban J connectivity index is 1.50. The molecule has 2 aromatic carbocycles. The van der Waals surface area contributed by atoms with E-state index in [0.29, 0.717) is 41.9 Å². The summed E-state index contributed by atoms with van der Waals surface area (Å²) >= 11 is 0. The van der Waals surface area contributed by atoms with Crippen LogP contribution in [0.1, 0.15) is 50.2 Å². The van der Waals surface area contributed by atoms with Gasteiger partial charge in [-0.3, -0.25) is 14.5 Å². The summed E-state index contributed by atoms with van der Waals surface area (Å²) in [6, 6.07) is 11.0. The molecule has 10 nitrogen and oxygen atoms in total.